The van der Waals surface area contributed by atoms with Gasteiger partial charge >= 0.3 is 0 Å². The lowest BCUT2D eigenvalue weighted by Gasteiger charge is -2.42. The molecule has 2 fully saturated rings. The van der Waals surface area contributed by atoms with Gasteiger partial charge in [-0.25, -0.2) is 9.98 Å². The molecule has 0 spiro atoms. The molecular weight excluding hydrogens is 465 g/mol. The first-order chi connectivity index (χ1) is 13.2. The van der Waals surface area contributed by atoms with E-state index in [4.69, 9.17) is 9.73 Å². The highest BCUT2D eigenvalue weighted by Crippen LogP contribution is 2.43. The Morgan fingerprint density at radius 1 is 1.25 bits per heavy atom. The zero-order valence-electron chi connectivity index (χ0n) is 17.4. The number of aliphatic imine (C=N–C) groups is 1. The molecule has 1 aliphatic heterocycles. The number of hydrogen-bond acceptors (Lipinski definition) is 4. The number of halogens is 1. The van der Waals surface area contributed by atoms with Gasteiger partial charge in [0, 0.05) is 46.1 Å². The van der Waals surface area contributed by atoms with Crippen molar-refractivity contribution < 1.29 is 4.74 Å². The number of hydrogen-bond donors (Lipinski definition) is 2. The maximum atomic E-state index is 5.30. The van der Waals surface area contributed by atoms with Gasteiger partial charge in [0.1, 0.15) is 5.82 Å². The van der Waals surface area contributed by atoms with Crippen LogP contribution >= 0.6 is 24.0 Å². The Balaban J connectivity index is 0.00000280. The van der Waals surface area contributed by atoms with Gasteiger partial charge in [0.05, 0.1) is 6.54 Å². The Labute approximate surface area is 186 Å². The van der Waals surface area contributed by atoms with Gasteiger partial charge in [0.2, 0.25) is 0 Å². The molecule has 1 aliphatic carbocycles. The first-order valence-electron chi connectivity index (χ1n) is 10.5. The Morgan fingerprint density at radius 2 is 2.04 bits per heavy atom. The summed E-state index contributed by atoms with van der Waals surface area (Å²) in [5.41, 5.74) is 1.59. The Hall–Kier alpha value is -1.09. The molecule has 1 saturated carbocycles. The van der Waals surface area contributed by atoms with Crippen LogP contribution in [0.15, 0.2) is 23.3 Å². The molecule has 1 saturated heterocycles. The lowest BCUT2D eigenvalue weighted by atomic mass is 9.67. The van der Waals surface area contributed by atoms with Gasteiger partial charge in [-0.1, -0.05) is 6.42 Å². The molecule has 1 aromatic rings. The maximum Gasteiger partial charge on any atom is 0.191 e. The summed E-state index contributed by atoms with van der Waals surface area (Å²) in [6.45, 7) is 7.69. The van der Waals surface area contributed by atoms with E-state index in [-0.39, 0.29) is 24.0 Å². The van der Waals surface area contributed by atoms with Gasteiger partial charge in [0.15, 0.2) is 5.96 Å². The second-order valence-electron chi connectivity index (χ2n) is 7.86. The normalized spacial score (nSPS) is 18.4. The number of pyridine rings is 1. The van der Waals surface area contributed by atoms with Gasteiger partial charge < -0.3 is 20.3 Å². The van der Waals surface area contributed by atoms with Crippen molar-refractivity contribution >= 4 is 35.8 Å². The highest BCUT2D eigenvalue weighted by Gasteiger charge is 2.36. The van der Waals surface area contributed by atoms with Gasteiger partial charge in [-0.2, -0.15) is 0 Å². The smallest absolute Gasteiger partial charge is 0.191 e. The molecule has 0 amide bonds. The van der Waals surface area contributed by atoms with Crippen molar-refractivity contribution in [1.29, 1.82) is 0 Å². The molecule has 0 radical (unpaired) electrons. The second kappa shape index (κ2) is 11.8. The summed E-state index contributed by atoms with van der Waals surface area (Å²) in [7, 11) is 1.79. The van der Waals surface area contributed by atoms with E-state index in [1.807, 2.05) is 6.20 Å². The lowest BCUT2D eigenvalue weighted by Crippen LogP contribution is -2.46. The third kappa shape index (κ3) is 6.47. The van der Waals surface area contributed by atoms with E-state index in [1.54, 1.807) is 7.11 Å². The van der Waals surface area contributed by atoms with E-state index < -0.39 is 0 Å². The topological polar surface area (TPSA) is 61.8 Å². The minimum absolute atomic E-state index is 0. The van der Waals surface area contributed by atoms with Crippen LogP contribution in [0.1, 0.15) is 51.0 Å². The van der Waals surface area contributed by atoms with Crippen LogP contribution in [0.4, 0.5) is 5.82 Å². The summed E-state index contributed by atoms with van der Waals surface area (Å²) >= 11 is 0. The summed E-state index contributed by atoms with van der Waals surface area (Å²) in [6.07, 6.45) is 9.47. The van der Waals surface area contributed by atoms with Crippen molar-refractivity contribution in [2.45, 2.75) is 52.0 Å². The lowest BCUT2D eigenvalue weighted by molar-refractivity contribution is 0.0732. The van der Waals surface area contributed by atoms with Crippen LogP contribution in [0, 0.1) is 5.41 Å². The third-order valence-electron chi connectivity index (χ3n) is 5.89. The van der Waals surface area contributed by atoms with Crippen LogP contribution < -0.4 is 15.5 Å². The van der Waals surface area contributed by atoms with Crippen molar-refractivity contribution in [3.8, 4) is 0 Å². The molecule has 28 heavy (non-hydrogen) atoms. The van der Waals surface area contributed by atoms with E-state index in [9.17, 15) is 0 Å². The summed E-state index contributed by atoms with van der Waals surface area (Å²) in [5.74, 6) is 1.99. The summed E-state index contributed by atoms with van der Waals surface area (Å²) in [5, 5.41) is 6.95. The van der Waals surface area contributed by atoms with Gasteiger partial charge in [-0.3, -0.25) is 0 Å². The zero-order chi connectivity index (χ0) is 19.0. The third-order valence-corrected chi connectivity index (χ3v) is 5.89. The summed E-state index contributed by atoms with van der Waals surface area (Å²) in [4.78, 5) is 11.7. The molecule has 2 N–H and O–H groups in total. The molecule has 2 heterocycles. The number of aromatic nitrogens is 1. The predicted octanol–water partition coefficient (Wildman–Crippen LogP) is 3.56. The largest absolute Gasteiger partial charge is 0.385 e. The number of rotatable bonds is 9. The van der Waals surface area contributed by atoms with Crippen LogP contribution in [-0.2, 0) is 11.3 Å². The van der Waals surface area contributed by atoms with Crippen molar-refractivity contribution in [2.75, 3.05) is 44.8 Å². The standard InChI is InChI=1S/C21H35N5O.HI/c1-3-22-20(25-17-21(8-6-9-21)10-14-27-2)24-16-18-7-11-23-19(15-18)26-12-4-5-13-26;/h7,11,15H,3-6,8-10,12-14,16-17H2,1-2H3,(H2,22,24,25);1H. The second-order valence-corrected chi connectivity index (χ2v) is 7.86. The summed E-state index contributed by atoms with van der Waals surface area (Å²) < 4.78 is 5.30. The minimum Gasteiger partial charge on any atom is -0.385 e. The highest BCUT2D eigenvalue weighted by molar-refractivity contribution is 14.0. The predicted molar refractivity (Wildman–Crippen MR) is 127 cm³/mol. The fourth-order valence-corrected chi connectivity index (χ4v) is 3.97. The SMILES string of the molecule is CCNC(=NCc1ccnc(N2CCCC2)c1)NCC1(CCOC)CCC1.I. The molecule has 0 aromatic carbocycles. The maximum absolute atomic E-state index is 5.30. The Bertz CT molecular complexity index is 615. The number of nitrogens with one attached hydrogen (secondary N) is 2. The molecule has 7 heteroatoms. The van der Waals surface area contributed by atoms with E-state index in [0.717, 1.165) is 51.0 Å². The molecular formula is C21H36IN5O. The summed E-state index contributed by atoms with van der Waals surface area (Å²) in [6, 6.07) is 4.25. The van der Waals surface area contributed by atoms with E-state index >= 15 is 0 Å². The number of ether oxygens (including phenoxy) is 1. The van der Waals surface area contributed by atoms with E-state index in [1.165, 1.54) is 37.7 Å². The Kier molecular flexibility index (Phi) is 9.77. The molecule has 0 atom stereocenters. The highest BCUT2D eigenvalue weighted by atomic mass is 127. The number of anilines is 1. The van der Waals surface area contributed by atoms with Gasteiger partial charge in [0.25, 0.3) is 0 Å². The zero-order valence-corrected chi connectivity index (χ0v) is 19.7. The first kappa shape index (κ1) is 23.2. The van der Waals surface area contributed by atoms with Crippen LogP contribution in [-0.4, -0.2) is 50.8 Å². The average Bonchev–Trinajstić information content (AvgIpc) is 3.20. The van der Waals surface area contributed by atoms with Crippen LogP contribution in [0.3, 0.4) is 0 Å². The molecule has 1 aromatic heterocycles. The molecule has 0 unspecified atom stereocenters. The number of nitrogens with zero attached hydrogens (tertiary/aromatic N) is 3. The molecule has 6 nitrogen and oxygen atoms in total. The van der Waals surface area contributed by atoms with Crippen molar-refractivity contribution in [2.24, 2.45) is 10.4 Å². The van der Waals surface area contributed by atoms with E-state index in [0.29, 0.717) is 12.0 Å². The molecule has 3 rings (SSSR count). The van der Waals surface area contributed by atoms with Gasteiger partial charge in [-0.05, 0) is 62.1 Å². The number of guanidine groups is 1. The average molecular weight is 501 g/mol. The fraction of sp³-hybridized carbons (Fsp3) is 0.714. The first-order valence-corrected chi connectivity index (χ1v) is 10.5. The number of methoxy groups -OCH3 is 1. The van der Waals surface area contributed by atoms with E-state index in [2.05, 4.69) is 39.6 Å². The fourth-order valence-electron chi connectivity index (χ4n) is 3.97. The monoisotopic (exact) mass is 501 g/mol. The van der Waals surface area contributed by atoms with Crippen LogP contribution in [0.25, 0.3) is 0 Å². The van der Waals surface area contributed by atoms with Gasteiger partial charge in [-0.15, -0.1) is 24.0 Å². The van der Waals surface area contributed by atoms with Crippen LogP contribution in [0.5, 0.6) is 0 Å². The quantitative estimate of drug-likeness (QED) is 0.308. The Morgan fingerprint density at radius 3 is 2.68 bits per heavy atom. The van der Waals surface area contributed by atoms with Crippen LogP contribution in [0.2, 0.25) is 0 Å². The van der Waals surface area contributed by atoms with Crippen molar-refractivity contribution in [3.63, 3.8) is 0 Å². The minimum atomic E-state index is 0. The molecule has 0 bridgehead atoms. The van der Waals surface area contributed by atoms with Crippen molar-refractivity contribution in [1.82, 2.24) is 15.6 Å². The van der Waals surface area contributed by atoms with Crippen molar-refractivity contribution in [3.05, 3.63) is 23.9 Å². The molecule has 2 aliphatic rings. The molecule has 158 valence electrons.